The highest BCUT2D eigenvalue weighted by atomic mass is 32.1. The van der Waals surface area contributed by atoms with Crippen LogP contribution in [0.5, 0.6) is 0 Å². The molecule has 0 fully saturated rings. The van der Waals surface area contributed by atoms with Crippen LogP contribution in [0.15, 0.2) is 22.7 Å². The summed E-state index contributed by atoms with van der Waals surface area (Å²) < 4.78 is 5.71. The van der Waals surface area contributed by atoms with Crippen LogP contribution in [0.3, 0.4) is 0 Å². The highest BCUT2D eigenvalue weighted by Crippen LogP contribution is 2.28. The van der Waals surface area contributed by atoms with Crippen LogP contribution in [0.2, 0.25) is 0 Å². The summed E-state index contributed by atoms with van der Waals surface area (Å²) >= 11 is 1.77. The monoisotopic (exact) mass is 250 g/mol. The summed E-state index contributed by atoms with van der Waals surface area (Å²) in [5, 5.41) is 3.28. The highest BCUT2D eigenvalue weighted by molar-refractivity contribution is 7.15. The van der Waals surface area contributed by atoms with E-state index in [1.54, 1.807) is 11.3 Å². The number of aromatic nitrogens is 1. The first kappa shape index (κ1) is 12.3. The van der Waals surface area contributed by atoms with Gasteiger partial charge in [0.25, 0.3) is 0 Å². The molecular weight excluding hydrogens is 232 g/mol. The summed E-state index contributed by atoms with van der Waals surface area (Å²) in [5.74, 6) is 1.64. The van der Waals surface area contributed by atoms with Gasteiger partial charge in [-0.05, 0) is 31.5 Å². The first-order valence-electron chi connectivity index (χ1n) is 6.08. The molecule has 0 aromatic carbocycles. The Morgan fingerprint density at radius 2 is 2.24 bits per heavy atom. The van der Waals surface area contributed by atoms with E-state index in [0.717, 1.165) is 35.9 Å². The van der Waals surface area contributed by atoms with Gasteiger partial charge in [-0.25, -0.2) is 4.98 Å². The average molecular weight is 250 g/mol. The minimum Gasteiger partial charge on any atom is -0.438 e. The molecule has 3 nitrogen and oxygen atoms in total. The maximum atomic E-state index is 5.71. The molecule has 2 aromatic rings. The number of hydrogen-bond acceptors (Lipinski definition) is 4. The minimum absolute atomic E-state index is 0.708. The molecule has 0 amide bonds. The maximum Gasteiger partial charge on any atom is 0.208 e. The zero-order chi connectivity index (χ0) is 12.1. The van der Waals surface area contributed by atoms with Gasteiger partial charge in [-0.1, -0.05) is 13.8 Å². The van der Waals surface area contributed by atoms with Crippen molar-refractivity contribution in [1.82, 2.24) is 10.3 Å². The second-order valence-corrected chi connectivity index (χ2v) is 5.08. The molecule has 0 aliphatic carbocycles. The number of hydrogen-bond donors (Lipinski definition) is 1. The number of nitrogens with zero attached hydrogens (tertiary/aromatic N) is 1. The molecule has 0 radical (unpaired) electrons. The third-order valence-corrected chi connectivity index (χ3v) is 3.75. The van der Waals surface area contributed by atoms with Crippen LogP contribution in [0.25, 0.3) is 10.6 Å². The van der Waals surface area contributed by atoms with E-state index in [0.29, 0.717) is 6.54 Å². The second kappa shape index (κ2) is 5.98. The van der Waals surface area contributed by atoms with E-state index in [1.165, 1.54) is 4.88 Å². The van der Waals surface area contributed by atoms with Crippen molar-refractivity contribution in [3.63, 3.8) is 0 Å². The molecule has 0 unspecified atom stereocenters. The zero-order valence-corrected chi connectivity index (χ0v) is 11.1. The molecule has 0 aliphatic rings. The van der Waals surface area contributed by atoms with Gasteiger partial charge in [0.15, 0.2) is 5.76 Å². The quantitative estimate of drug-likeness (QED) is 0.798. The highest BCUT2D eigenvalue weighted by Gasteiger charge is 2.08. The lowest BCUT2D eigenvalue weighted by Gasteiger charge is -1.97. The number of thiophene rings is 1. The third kappa shape index (κ3) is 3.17. The van der Waals surface area contributed by atoms with Gasteiger partial charge < -0.3 is 9.73 Å². The molecule has 17 heavy (non-hydrogen) atoms. The Kier molecular flexibility index (Phi) is 4.34. The van der Waals surface area contributed by atoms with Gasteiger partial charge in [-0.2, -0.15) is 0 Å². The number of rotatable bonds is 6. The Balaban J connectivity index is 2.02. The van der Waals surface area contributed by atoms with E-state index in [4.69, 9.17) is 4.42 Å². The molecule has 0 saturated heterocycles. The van der Waals surface area contributed by atoms with Crippen molar-refractivity contribution in [3.8, 4) is 10.6 Å². The van der Waals surface area contributed by atoms with Gasteiger partial charge in [-0.15, -0.1) is 11.3 Å². The smallest absolute Gasteiger partial charge is 0.208 e. The van der Waals surface area contributed by atoms with Crippen LogP contribution in [0, 0.1) is 0 Å². The van der Waals surface area contributed by atoms with Crippen molar-refractivity contribution >= 4 is 11.3 Å². The van der Waals surface area contributed by atoms with Crippen LogP contribution in [0.4, 0.5) is 0 Å². The fourth-order valence-corrected chi connectivity index (χ4v) is 2.47. The van der Waals surface area contributed by atoms with Crippen molar-refractivity contribution in [3.05, 3.63) is 29.1 Å². The fourth-order valence-electron chi connectivity index (χ4n) is 1.58. The Hall–Kier alpha value is -1.13. The summed E-state index contributed by atoms with van der Waals surface area (Å²) in [5.41, 5.74) is 0. The predicted octanol–water partition coefficient (Wildman–Crippen LogP) is 3.47. The number of oxazole rings is 1. The van der Waals surface area contributed by atoms with Crippen LogP contribution < -0.4 is 5.32 Å². The Labute approximate surface area is 106 Å². The molecule has 0 aliphatic heterocycles. The summed E-state index contributed by atoms with van der Waals surface area (Å²) in [6.45, 7) is 6.01. The summed E-state index contributed by atoms with van der Waals surface area (Å²) in [7, 11) is 0. The first-order valence-corrected chi connectivity index (χ1v) is 6.89. The number of aryl methyl sites for hydroxylation is 1. The van der Waals surface area contributed by atoms with E-state index in [-0.39, 0.29) is 0 Å². The Morgan fingerprint density at radius 3 is 2.94 bits per heavy atom. The molecule has 4 heteroatoms. The molecule has 0 bridgehead atoms. The second-order valence-electron chi connectivity index (χ2n) is 3.91. The van der Waals surface area contributed by atoms with Crippen molar-refractivity contribution in [2.45, 2.75) is 33.2 Å². The van der Waals surface area contributed by atoms with Gasteiger partial charge in [0.2, 0.25) is 5.89 Å². The molecule has 2 aromatic heterocycles. The summed E-state index contributed by atoms with van der Waals surface area (Å²) in [6.07, 6.45) is 4.01. The lowest BCUT2D eigenvalue weighted by molar-refractivity contribution is 0.478. The van der Waals surface area contributed by atoms with Crippen LogP contribution >= 0.6 is 11.3 Å². The molecule has 2 heterocycles. The zero-order valence-electron chi connectivity index (χ0n) is 10.3. The van der Waals surface area contributed by atoms with Crippen molar-refractivity contribution in [2.24, 2.45) is 0 Å². The molecular formula is C13H18N2OS. The fraction of sp³-hybridized carbons (Fsp3) is 0.462. The first-order chi connectivity index (χ1) is 8.33. The van der Waals surface area contributed by atoms with Gasteiger partial charge in [-0.3, -0.25) is 0 Å². The number of nitrogens with one attached hydrogen (secondary N) is 1. The van der Waals surface area contributed by atoms with Crippen molar-refractivity contribution in [1.29, 1.82) is 0 Å². The minimum atomic E-state index is 0.708. The predicted molar refractivity (Wildman–Crippen MR) is 71.2 cm³/mol. The molecule has 0 spiro atoms. The van der Waals surface area contributed by atoms with Crippen LogP contribution in [-0.2, 0) is 13.0 Å². The van der Waals surface area contributed by atoms with E-state index < -0.39 is 0 Å². The normalized spacial score (nSPS) is 10.9. The van der Waals surface area contributed by atoms with Crippen molar-refractivity contribution in [2.75, 3.05) is 6.54 Å². The van der Waals surface area contributed by atoms with Gasteiger partial charge in [0, 0.05) is 4.88 Å². The van der Waals surface area contributed by atoms with E-state index in [9.17, 15) is 0 Å². The molecule has 0 saturated carbocycles. The van der Waals surface area contributed by atoms with Gasteiger partial charge >= 0.3 is 0 Å². The SMILES string of the molecule is CCCNCc1ncc(-c2ccc(CC)s2)o1. The van der Waals surface area contributed by atoms with E-state index in [2.05, 4.69) is 36.3 Å². The Morgan fingerprint density at radius 1 is 1.35 bits per heavy atom. The van der Waals surface area contributed by atoms with E-state index >= 15 is 0 Å². The molecule has 0 atom stereocenters. The largest absolute Gasteiger partial charge is 0.438 e. The molecule has 2 rings (SSSR count). The lowest BCUT2D eigenvalue weighted by Crippen LogP contribution is -2.13. The molecule has 1 N–H and O–H groups in total. The summed E-state index contributed by atoms with van der Waals surface area (Å²) in [4.78, 5) is 6.82. The van der Waals surface area contributed by atoms with Crippen molar-refractivity contribution < 1.29 is 4.42 Å². The van der Waals surface area contributed by atoms with Gasteiger partial charge in [0.05, 0.1) is 17.6 Å². The Bertz CT molecular complexity index is 461. The molecule has 92 valence electrons. The average Bonchev–Trinajstić information content (AvgIpc) is 2.97. The van der Waals surface area contributed by atoms with Crippen LogP contribution in [0.1, 0.15) is 31.0 Å². The maximum absolute atomic E-state index is 5.71. The summed E-state index contributed by atoms with van der Waals surface area (Å²) in [6, 6.07) is 4.25. The topological polar surface area (TPSA) is 38.1 Å². The van der Waals surface area contributed by atoms with Gasteiger partial charge in [0.1, 0.15) is 0 Å². The standard InChI is InChI=1S/C13H18N2OS/c1-3-7-14-9-13-15-8-11(16-13)12-6-5-10(4-2)17-12/h5-6,8,14H,3-4,7,9H2,1-2H3. The van der Waals surface area contributed by atoms with Crippen LogP contribution in [-0.4, -0.2) is 11.5 Å². The van der Waals surface area contributed by atoms with E-state index in [1.807, 2.05) is 6.20 Å². The third-order valence-electron chi connectivity index (χ3n) is 2.51. The lowest BCUT2D eigenvalue weighted by atomic mass is 10.3.